The number of hydrogen-bond donors (Lipinski definition) is 0. The Labute approximate surface area is 97.7 Å². The number of fused-ring (bicyclic) bond motifs is 1. The van der Waals surface area contributed by atoms with Crippen molar-refractivity contribution in [2.45, 2.75) is 32.7 Å². The molecule has 1 aliphatic carbocycles. The summed E-state index contributed by atoms with van der Waals surface area (Å²) < 4.78 is 2.47. The fourth-order valence-corrected chi connectivity index (χ4v) is 3.12. The van der Waals surface area contributed by atoms with Crippen molar-refractivity contribution in [1.29, 1.82) is 0 Å². The summed E-state index contributed by atoms with van der Waals surface area (Å²) in [4.78, 5) is 12.1. The Bertz CT molecular complexity index is 580. The summed E-state index contributed by atoms with van der Waals surface area (Å²) in [5.74, 6) is 0. The summed E-state index contributed by atoms with van der Waals surface area (Å²) in [5, 5.41) is 7.17. The van der Waals surface area contributed by atoms with E-state index in [0.29, 0.717) is 5.41 Å². The van der Waals surface area contributed by atoms with Gasteiger partial charge in [-0.3, -0.25) is 4.79 Å². The zero-order valence-electron chi connectivity index (χ0n) is 9.27. The van der Waals surface area contributed by atoms with Crippen molar-refractivity contribution in [1.82, 2.24) is 9.78 Å². The summed E-state index contributed by atoms with van der Waals surface area (Å²) in [7, 11) is 0. The molecule has 0 bridgehead atoms. The first kappa shape index (κ1) is 10.0. The second-order valence-corrected chi connectivity index (χ2v) is 5.89. The summed E-state index contributed by atoms with van der Waals surface area (Å²) in [5.41, 5.74) is 0.363. The van der Waals surface area contributed by atoms with Crippen LogP contribution in [0.15, 0.2) is 22.4 Å². The average Bonchev–Trinajstić information content (AvgIpc) is 2.68. The Hall–Kier alpha value is -1.16. The van der Waals surface area contributed by atoms with E-state index < -0.39 is 0 Å². The number of aromatic nitrogens is 2. The van der Waals surface area contributed by atoms with Crippen molar-refractivity contribution in [2.24, 2.45) is 5.41 Å². The van der Waals surface area contributed by atoms with Crippen molar-refractivity contribution < 1.29 is 0 Å². The van der Waals surface area contributed by atoms with E-state index in [0.717, 1.165) is 16.6 Å². The molecule has 16 heavy (non-hydrogen) atoms. The summed E-state index contributed by atoms with van der Waals surface area (Å²) in [6, 6.07) is 1.95. The Morgan fingerprint density at radius 2 is 2.38 bits per heavy atom. The van der Waals surface area contributed by atoms with Gasteiger partial charge < -0.3 is 0 Å². The maximum Gasteiger partial charge on any atom is 0.284 e. The van der Waals surface area contributed by atoms with Crippen LogP contribution in [0.5, 0.6) is 0 Å². The van der Waals surface area contributed by atoms with Crippen LogP contribution in [0.2, 0.25) is 0 Å². The van der Waals surface area contributed by atoms with Gasteiger partial charge in [-0.1, -0.05) is 13.3 Å². The number of hydrogen-bond acceptors (Lipinski definition) is 3. The summed E-state index contributed by atoms with van der Waals surface area (Å²) >= 11 is 1.51. The van der Waals surface area contributed by atoms with Gasteiger partial charge in [0.25, 0.3) is 5.56 Å². The lowest BCUT2D eigenvalue weighted by atomic mass is 9.70. The second-order valence-electron chi connectivity index (χ2n) is 4.98. The molecule has 2 heterocycles. The minimum Gasteiger partial charge on any atom is -0.266 e. The van der Waals surface area contributed by atoms with Crippen molar-refractivity contribution in [3.05, 3.63) is 28.0 Å². The molecule has 84 valence electrons. The highest BCUT2D eigenvalue weighted by Crippen LogP contribution is 2.41. The van der Waals surface area contributed by atoms with E-state index in [4.69, 9.17) is 0 Å². The Morgan fingerprint density at radius 3 is 3.06 bits per heavy atom. The molecule has 4 heteroatoms. The van der Waals surface area contributed by atoms with Gasteiger partial charge in [-0.25, -0.2) is 4.68 Å². The van der Waals surface area contributed by atoms with Crippen molar-refractivity contribution in [2.75, 3.05) is 0 Å². The van der Waals surface area contributed by atoms with Crippen LogP contribution in [0.1, 0.15) is 26.2 Å². The zero-order chi connectivity index (χ0) is 11.2. The Morgan fingerprint density at radius 1 is 1.56 bits per heavy atom. The van der Waals surface area contributed by atoms with Crippen LogP contribution in [0.4, 0.5) is 0 Å². The molecule has 3 rings (SSSR count). The zero-order valence-corrected chi connectivity index (χ0v) is 10.1. The highest BCUT2D eigenvalue weighted by molar-refractivity contribution is 7.17. The van der Waals surface area contributed by atoms with Crippen LogP contribution in [0.25, 0.3) is 10.1 Å². The second kappa shape index (κ2) is 3.42. The highest BCUT2D eigenvalue weighted by atomic mass is 32.1. The standard InChI is InChI=1S/C12H14N2OS/c1-12(4-2-5-12)8-14-11(15)10-9(7-13-14)3-6-16-10/h3,6-7H,2,4-5,8H2,1H3. The molecular weight excluding hydrogens is 220 g/mol. The number of rotatable bonds is 2. The van der Waals surface area contributed by atoms with Crippen LogP contribution in [-0.2, 0) is 6.54 Å². The van der Waals surface area contributed by atoms with Gasteiger partial charge in [0.1, 0.15) is 4.70 Å². The van der Waals surface area contributed by atoms with Crippen molar-refractivity contribution >= 4 is 21.4 Å². The van der Waals surface area contributed by atoms with Gasteiger partial charge >= 0.3 is 0 Å². The molecule has 0 saturated heterocycles. The van der Waals surface area contributed by atoms with Gasteiger partial charge in [-0.2, -0.15) is 5.10 Å². The fraction of sp³-hybridized carbons (Fsp3) is 0.500. The van der Waals surface area contributed by atoms with Crippen molar-refractivity contribution in [3.63, 3.8) is 0 Å². The predicted molar refractivity (Wildman–Crippen MR) is 65.8 cm³/mol. The third kappa shape index (κ3) is 1.48. The van der Waals surface area contributed by atoms with E-state index in [-0.39, 0.29) is 5.56 Å². The van der Waals surface area contributed by atoms with E-state index >= 15 is 0 Å². The maximum absolute atomic E-state index is 12.1. The number of nitrogens with zero attached hydrogens (tertiary/aromatic N) is 2. The lowest BCUT2D eigenvalue weighted by Gasteiger charge is -2.38. The molecular formula is C12H14N2OS. The SMILES string of the molecule is CC1(Cn2ncc3ccsc3c2=O)CCC1. The van der Waals surface area contributed by atoms with E-state index in [1.165, 1.54) is 30.6 Å². The molecule has 1 fully saturated rings. The fourth-order valence-electron chi connectivity index (χ4n) is 2.31. The largest absolute Gasteiger partial charge is 0.284 e. The minimum atomic E-state index is 0.0700. The van der Waals surface area contributed by atoms with Gasteiger partial charge in [0.15, 0.2) is 0 Å². The molecule has 0 N–H and O–H groups in total. The summed E-state index contributed by atoms with van der Waals surface area (Å²) in [6.45, 7) is 3.00. The van der Waals surface area contributed by atoms with Gasteiger partial charge in [0.2, 0.25) is 0 Å². The predicted octanol–water partition coefficient (Wildman–Crippen LogP) is 2.65. The van der Waals surface area contributed by atoms with Gasteiger partial charge in [-0.15, -0.1) is 11.3 Å². The van der Waals surface area contributed by atoms with Crippen LogP contribution in [0, 0.1) is 5.41 Å². The van der Waals surface area contributed by atoms with Crippen LogP contribution in [-0.4, -0.2) is 9.78 Å². The van der Waals surface area contributed by atoms with E-state index in [1.807, 2.05) is 11.4 Å². The van der Waals surface area contributed by atoms with Crippen molar-refractivity contribution in [3.8, 4) is 0 Å². The topological polar surface area (TPSA) is 34.9 Å². The molecule has 3 nitrogen and oxygen atoms in total. The molecule has 0 amide bonds. The first-order valence-corrected chi connectivity index (χ1v) is 6.49. The van der Waals surface area contributed by atoms with Gasteiger partial charge in [0, 0.05) is 5.39 Å². The summed E-state index contributed by atoms with van der Waals surface area (Å²) in [6.07, 6.45) is 5.51. The molecule has 0 aliphatic heterocycles. The van der Waals surface area contributed by atoms with Crippen LogP contribution >= 0.6 is 11.3 Å². The Balaban J connectivity index is 2.03. The molecule has 2 aromatic heterocycles. The Kier molecular flexibility index (Phi) is 2.14. The lowest BCUT2D eigenvalue weighted by Crippen LogP contribution is -2.36. The molecule has 2 aromatic rings. The average molecular weight is 234 g/mol. The maximum atomic E-state index is 12.1. The lowest BCUT2D eigenvalue weighted by molar-refractivity contribution is 0.123. The van der Waals surface area contributed by atoms with E-state index in [2.05, 4.69) is 12.0 Å². The quantitative estimate of drug-likeness (QED) is 0.800. The number of thiophene rings is 1. The smallest absolute Gasteiger partial charge is 0.266 e. The van der Waals surface area contributed by atoms with E-state index in [9.17, 15) is 4.79 Å². The molecule has 0 aromatic carbocycles. The van der Waals surface area contributed by atoms with Crippen LogP contribution < -0.4 is 5.56 Å². The van der Waals surface area contributed by atoms with E-state index in [1.54, 1.807) is 10.9 Å². The highest BCUT2D eigenvalue weighted by Gasteiger charge is 2.32. The van der Waals surface area contributed by atoms with Gasteiger partial charge in [-0.05, 0) is 29.7 Å². The third-order valence-corrected chi connectivity index (χ3v) is 4.47. The first-order chi connectivity index (χ1) is 7.68. The first-order valence-electron chi connectivity index (χ1n) is 5.61. The normalized spacial score (nSPS) is 18.6. The molecule has 1 saturated carbocycles. The van der Waals surface area contributed by atoms with Crippen LogP contribution in [0.3, 0.4) is 0 Å². The molecule has 1 aliphatic rings. The molecule has 0 spiro atoms. The third-order valence-electron chi connectivity index (χ3n) is 3.55. The molecule has 0 unspecified atom stereocenters. The van der Waals surface area contributed by atoms with Gasteiger partial charge in [0.05, 0.1) is 12.7 Å². The monoisotopic (exact) mass is 234 g/mol. The minimum absolute atomic E-state index is 0.0700. The molecule has 0 atom stereocenters. The molecule has 0 radical (unpaired) electrons.